The molecule has 0 unspecified atom stereocenters. The van der Waals surface area contributed by atoms with Gasteiger partial charge in [0.1, 0.15) is 5.75 Å². The van der Waals surface area contributed by atoms with Crippen LogP contribution in [0.5, 0.6) is 5.75 Å². The molecule has 0 fully saturated rings. The first-order valence-electron chi connectivity index (χ1n) is 6.65. The zero-order valence-electron chi connectivity index (χ0n) is 12.4. The first-order valence-corrected chi connectivity index (χ1v) is 6.65. The van der Waals surface area contributed by atoms with E-state index in [9.17, 15) is 9.59 Å². The Balaban J connectivity index is 3.04. The maximum Gasteiger partial charge on any atom is 0.341 e. The second-order valence-electron chi connectivity index (χ2n) is 4.60. The fourth-order valence-corrected chi connectivity index (χ4v) is 2.13. The Morgan fingerprint density at radius 1 is 1.15 bits per heavy atom. The van der Waals surface area contributed by atoms with Gasteiger partial charge >= 0.3 is 5.97 Å². The Morgan fingerprint density at radius 2 is 1.65 bits per heavy atom. The minimum atomic E-state index is -1.02. The van der Waals surface area contributed by atoms with Crippen LogP contribution >= 0.6 is 0 Å². The van der Waals surface area contributed by atoms with Gasteiger partial charge in [-0.15, -0.1) is 0 Å². The van der Waals surface area contributed by atoms with E-state index in [-0.39, 0.29) is 12.5 Å². The number of aryl methyl sites for hydroxylation is 2. The van der Waals surface area contributed by atoms with E-state index in [1.165, 1.54) is 0 Å². The number of carbonyl (C=O) groups is 2. The highest BCUT2D eigenvalue weighted by atomic mass is 16.5. The van der Waals surface area contributed by atoms with Crippen LogP contribution in [0.15, 0.2) is 12.1 Å². The van der Waals surface area contributed by atoms with Crippen LogP contribution in [0.2, 0.25) is 0 Å². The Bertz CT molecular complexity index is 484. The van der Waals surface area contributed by atoms with E-state index in [0.717, 1.165) is 11.1 Å². The van der Waals surface area contributed by atoms with E-state index in [4.69, 9.17) is 9.84 Å². The quantitative estimate of drug-likeness (QED) is 0.867. The second kappa shape index (κ2) is 6.93. The Morgan fingerprint density at radius 3 is 2.05 bits per heavy atom. The van der Waals surface area contributed by atoms with Gasteiger partial charge in [-0.05, 0) is 51.0 Å². The van der Waals surface area contributed by atoms with Crippen LogP contribution in [0.4, 0.5) is 0 Å². The minimum absolute atomic E-state index is 0.0222. The zero-order valence-corrected chi connectivity index (χ0v) is 12.4. The molecule has 0 aliphatic heterocycles. The summed E-state index contributed by atoms with van der Waals surface area (Å²) in [5.74, 6) is -0.512. The first-order chi connectivity index (χ1) is 9.40. The van der Waals surface area contributed by atoms with Crippen molar-refractivity contribution in [3.05, 3.63) is 28.8 Å². The van der Waals surface area contributed by atoms with Gasteiger partial charge in [0.2, 0.25) is 0 Å². The van der Waals surface area contributed by atoms with Gasteiger partial charge in [0, 0.05) is 18.7 Å². The number of aliphatic carboxylic acids is 1. The molecular formula is C15H21NO4. The highest BCUT2D eigenvalue weighted by Crippen LogP contribution is 2.25. The number of benzene rings is 1. The standard InChI is InChI=1S/C15H21NO4/c1-5-16(6-2)15(19)12-7-10(3)14(11(4)8-12)20-9-13(17)18/h7-8H,5-6,9H2,1-4H3,(H,17,18). The molecule has 0 saturated heterocycles. The van der Waals surface area contributed by atoms with Gasteiger partial charge in [-0.1, -0.05) is 0 Å². The average Bonchev–Trinajstić information content (AvgIpc) is 2.38. The van der Waals surface area contributed by atoms with Crippen LogP contribution in [-0.2, 0) is 4.79 Å². The maximum atomic E-state index is 12.3. The summed E-state index contributed by atoms with van der Waals surface area (Å²) < 4.78 is 5.25. The van der Waals surface area contributed by atoms with Crippen LogP contribution in [0.1, 0.15) is 35.3 Å². The molecule has 0 bridgehead atoms. The van der Waals surface area contributed by atoms with E-state index in [2.05, 4.69) is 0 Å². The van der Waals surface area contributed by atoms with Crippen molar-refractivity contribution in [3.8, 4) is 5.75 Å². The van der Waals surface area contributed by atoms with E-state index in [1.807, 2.05) is 27.7 Å². The summed E-state index contributed by atoms with van der Waals surface area (Å²) in [6.07, 6.45) is 0. The van der Waals surface area contributed by atoms with Crippen molar-refractivity contribution in [1.82, 2.24) is 4.90 Å². The fourth-order valence-electron chi connectivity index (χ4n) is 2.13. The Kier molecular flexibility index (Phi) is 5.55. The van der Waals surface area contributed by atoms with Gasteiger partial charge in [-0.3, -0.25) is 4.79 Å². The average molecular weight is 279 g/mol. The number of carbonyl (C=O) groups excluding carboxylic acids is 1. The molecular weight excluding hydrogens is 258 g/mol. The van der Waals surface area contributed by atoms with Gasteiger partial charge < -0.3 is 14.7 Å². The predicted octanol–water partition coefficient (Wildman–Crippen LogP) is 2.25. The lowest BCUT2D eigenvalue weighted by atomic mass is 10.0. The molecule has 1 aromatic carbocycles. The lowest BCUT2D eigenvalue weighted by Gasteiger charge is -2.20. The maximum absolute atomic E-state index is 12.3. The highest BCUT2D eigenvalue weighted by Gasteiger charge is 2.16. The largest absolute Gasteiger partial charge is 0.481 e. The third kappa shape index (κ3) is 3.73. The summed E-state index contributed by atoms with van der Waals surface area (Å²) in [7, 11) is 0. The lowest BCUT2D eigenvalue weighted by molar-refractivity contribution is -0.139. The molecule has 0 saturated carbocycles. The van der Waals surface area contributed by atoms with Crippen LogP contribution in [0, 0.1) is 13.8 Å². The molecule has 5 nitrogen and oxygen atoms in total. The fraction of sp³-hybridized carbons (Fsp3) is 0.467. The molecule has 1 aromatic rings. The normalized spacial score (nSPS) is 10.2. The van der Waals surface area contributed by atoms with Crippen LogP contribution < -0.4 is 4.74 Å². The Labute approximate surface area is 119 Å². The van der Waals surface area contributed by atoms with E-state index in [1.54, 1.807) is 17.0 Å². The van der Waals surface area contributed by atoms with Gasteiger partial charge in [0.15, 0.2) is 6.61 Å². The van der Waals surface area contributed by atoms with Crippen molar-refractivity contribution in [2.45, 2.75) is 27.7 Å². The molecule has 0 aliphatic rings. The third-order valence-corrected chi connectivity index (χ3v) is 3.10. The molecule has 0 heterocycles. The summed E-state index contributed by atoms with van der Waals surface area (Å²) in [6.45, 7) is 8.42. The number of ether oxygens (including phenoxy) is 1. The molecule has 1 rings (SSSR count). The summed E-state index contributed by atoms with van der Waals surface area (Å²) in [5.41, 5.74) is 2.13. The summed E-state index contributed by atoms with van der Waals surface area (Å²) >= 11 is 0. The SMILES string of the molecule is CCN(CC)C(=O)c1cc(C)c(OCC(=O)O)c(C)c1. The van der Waals surface area contributed by atoms with Crippen molar-refractivity contribution < 1.29 is 19.4 Å². The third-order valence-electron chi connectivity index (χ3n) is 3.10. The molecule has 110 valence electrons. The van der Waals surface area contributed by atoms with Gasteiger partial charge in [0.05, 0.1) is 0 Å². The van der Waals surface area contributed by atoms with Crippen molar-refractivity contribution in [2.75, 3.05) is 19.7 Å². The van der Waals surface area contributed by atoms with Crippen LogP contribution in [0.25, 0.3) is 0 Å². The molecule has 5 heteroatoms. The number of rotatable bonds is 6. The molecule has 0 atom stereocenters. The number of hydrogen-bond donors (Lipinski definition) is 1. The smallest absolute Gasteiger partial charge is 0.341 e. The van der Waals surface area contributed by atoms with E-state index in [0.29, 0.717) is 24.4 Å². The van der Waals surface area contributed by atoms with E-state index >= 15 is 0 Å². The molecule has 1 amide bonds. The molecule has 20 heavy (non-hydrogen) atoms. The van der Waals surface area contributed by atoms with Gasteiger partial charge in [-0.25, -0.2) is 4.79 Å². The van der Waals surface area contributed by atoms with Crippen molar-refractivity contribution in [3.63, 3.8) is 0 Å². The minimum Gasteiger partial charge on any atom is -0.481 e. The predicted molar refractivity (Wildman–Crippen MR) is 76.3 cm³/mol. The molecule has 0 radical (unpaired) electrons. The van der Waals surface area contributed by atoms with Crippen LogP contribution in [0.3, 0.4) is 0 Å². The summed E-state index contributed by atoms with van der Waals surface area (Å²) in [5, 5.41) is 8.65. The van der Waals surface area contributed by atoms with Gasteiger partial charge in [-0.2, -0.15) is 0 Å². The topological polar surface area (TPSA) is 66.8 Å². The first kappa shape index (κ1) is 16.0. The van der Waals surface area contributed by atoms with E-state index < -0.39 is 5.97 Å². The second-order valence-corrected chi connectivity index (χ2v) is 4.60. The number of hydrogen-bond acceptors (Lipinski definition) is 3. The summed E-state index contributed by atoms with van der Waals surface area (Å²) in [4.78, 5) is 24.6. The number of amides is 1. The van der Waals surface area contributed by atoms with Crippen molar-refractivity contribution in [2.24, 2.45) is 0 Å². The number of nitrogens with zero attached hydrogens (tertiary/aromatic N) is 1. The monoisotopic (exact) mass is 279 g/mol. The van der Waals surface area contributed by atoms with Gasteiger partial charge in [0.25, 0.3) is 5.91 Å². The molecule has 0 aromatic heterocycles. The Hall–Kier alpha value is -2.04. The zero-order chi connectivity index (χ0) is 15.3. The molecule has 0 aliphatic carbocycles. The highest BCUT2D eigenvalue weighted by molar-refractivity contribution is 5.95. The lowest BCUT2D eigenvalue weighted by Crippen LogP contribution is -2.30. The molecule has 0 spiro atoms. The number of carboxylic acids is 1. The summed E-state index contributed by atoms with van der Waals surface area (Å²) in [6, 6.07) is 3.48. The molecule has 1 N–H and O–H groups in total. The van der Waals surface area contributed by atoms with Crippen molar-refractivity contribution in [1.29, 1.82) is 0 Å². The number of carboxylic acid groups (broad SMARTS) is 1. The van der Waals surface area contributed by atoms with Crippen molar-refractivity contribution >= 4 is 11.9 Å². The van der Waals surface area contributed by atoms with Crippen LogP contribution in [-0.4, -0.2) is 41.6 Å².